The molecule has 1 amide bonds. The van der Waals surface area contributed by atoms with Gasteiger partial charge in [0.1, 0.15) is 11.3 Å². The number of hydrogen-bond acceptors (Lipinski definition) is 3. The Hall–Kier alpha value is -1.17. The number of carbonyl (C=O) groups is 2. The number of hydrogen-bond donors (Lipinski definition) is 3. The molecule has 0 saturated carbocycles. The summed E-state index contributed by atoms with van der Waals surface area (Å²) in [6.07, 6.45) is 0. The molecule has 17 heavy (non-hydrogen) atoms. The fourth-order valence-corrected chi connectivity index (χ4v) is 1.13. The number of alkyl halides is 3. The summed E-state index contributed by atoms with van der Waals surface area (Å²) in [4.78, 5) is 21.9. The van der Waals surface area contributed by atoms with Gasteiger partial charge in [-0.2, -0.15) is 0 Å². The van der Waals surface area contributed by atoms with Crippen molar-refractivity contribution >= 4 is 52.4 Å². The van der Waals surface area contributed by atoms with Gasteiger partial charge in [0.25, 0.3) is 9.70 Å². The van der Waals surface area contributed by atoms with Crippen LogP contribution in [-0.4, -0.2) is 25.9 Å². The molecule has 0 atom stereocenters. The Labute approximate surface area is 111 Å². The van der Waals surface area contributed by atoms with Crippen molar-refractivity contribution in [1.82, 2.24) is 0 Å². The molecule has 5 nitrogen and oxygen atoms in total. The predicted octanol–water partition coefficient (Wildman–Crippen LogP) is 2.40. The predicted molar refractivity (Wildman–Crippen MR) is 64.0 cm³/mol. The minimum atomic E-state index is -2.14. The molecule has 0 aliphatic heterocycles. The first-order valence-electron chi connectivity index (χ1n) is 4.16. The summed E-state index contributed by atoms with van der Waals surface area (Å²) >= 11 is 16.0. The number of aromatic carboxylic acids is 1. The largest absolute Gasteiger partial charge is 0.507 e. The van der Waals surface area contributed by atoms with E-state index in [0.717, 1.165) is 12.1 Å². The highest BCUT2D eigenvalue weighted by Crippen LogP contribution is 2.29. The van der Waals surface area contributed by atoms with Crippen molar-refractivity contribution < 1.29 is 19.8 Å². The van der Waals surface area contributed by atoms with Crippen LogP contribution in [0, 0.1) is 0 Å². The lowest BCUT2D eigenvalue weighted by molar-refractivity contribution is -0.115. The smallest absolute Gasteiger partial charge is 0.339 e. The number of halogens is 3. The van der Waals surface area contributed by atoms with Gasteiger partial charge in [-0.25, -0.2) is 4.79 Å². The van der Waals surface area contributed by atoms with Gasteiger partial charge in [-0.3, -0.25) is 4.79 Å². The maximum Gasteiger partial charge on any atom is 0.339 e. The number of amides is 1. The van der Waals surface area contributed by atoms with Crippen molar-refractivity contribution in [2.75, 3.05) is 5.32 Å². The number of carboxylic acid groups (broad SMARTS) is 1. The summed E-state index contributed by atoms with van der Waals surface area (Å²) in [5, 5.41) is 20.2. The fourth-order valence-electron chi connectivity index (χ4n) is 0.992. The first-order chi connectivity index (χ1) is 7.71. The van der Waals surface area contributed by atoms with Gasteiger partial charge in [-0.1, -0.05) is 34.8 Å². The number of aromatic hydroxyl groups is 1. The molecule has 0 spiro atoms. The van der Waals surface area contributed by atoms with Crippen molar-refractivity contribution in [2.45, 2.75) is 3.79 Å². The Balaban J connectivity index is 2.92. The van der Waals surface area contributed by atoms with E-state index in [4.69, 9.17) is 39.9 Å². The van der Waals surface area contributed by atoms with E-state index in [1.165, 1.54) is 6.07 Å². The van der Waals surface area contributed by atoms with Crippen molar-refractivity contribution in [2.24, 2.45) is 0 Å². The minimum absolute atomic E-state index is 0.115. The highest BCUT2D eigenvalue weighted by molar-refractivity contribution is 6.76. The van der Waals surface area contributed by atoms with Crippen LogP contribution < -0.4 is 5.32 Å². The van der Waals surface area contributed by atoms with Crippen LogP contribution in [-0.2, 0) is 4.79 Å². The van der Waals surface area contributed by atoms with Crippen LogP contribution in [0.1, 0.15) is 10.4 Å². The summed E-state index contributed by atoms with van der Waals surface area (Å²) < 4.78 is -2.14. The third-order valence-electron chi connectivity index (χ3n) is 1.74. The zero-order valence-corrected chi connectivity index (χ0v) is 10.3. The van der Waals surface area contributed by atoms with Crippen molar-refractivity contribution in [3.63, 3.8) is 0 Å². The summed E-state index contributed by atoms with van der Waals surface area (Å²) in [6.45, 7) is 0. The first kappa shape index (κ1) is 13.9. The van der Waals surface area contributed by atoms with E-state index in [9.17, 15) is 14.7 Å². The fraction of sp³-hybridized carbons (Fsp3) is 0.111. The number of rotatable bonds is 2. The van der Waals surface area contributed by atoms with Crippen LogP contribution in [0.2, 0.25) is 0 Å². The molecular weight excluding hydrogens is 292 g/mol. The number of anilines is 1. The second-order valence-corrected chi connectivity index (χ2v) is 5.27. The van der Waals surface area contributed by atoms with E-state index in [1.807, 2.05) is 0 Å². The quantitative estimate of drug-likeness (QED) is 0.732. The van der Waals surface area contributed by atoms with Crippen LogP contribution in [0.4, 0.5) is 5.69 Å². The van der Waals surface area contributed by atoms with Crippen LogP contribution >= 0.6 is 34.8 Å². The molecule has 3 N–H and O–H groups in total. The Morgan fingerprint density at radius 2 is 1.82 bits per heavy atom. The van der Waals surface area contributed by atoms with Gasteiger partial charge in [0.2, 0.25) is 0 Å². The highest BCUT2D eigenvalue weighted by atomic mass is 35.6. The van der Waals surface area contributed by atoms with Crippen LogP contribution in [0.5, 0.6) is 5.75 Å². The zero-order chi connectivity index (χ0) is 13.2. The average molecular weight is 299 g/mol. The molecule has 0 aliphatic rings. The van der Waals surface area contributed by atoms with Crippen molar-refractivity contribution in [1.29, 1.82) is 0 Å². The summed E-state index contributed by atoms with van der Waals surface area (Å²) in [5.41, 5.74) is -0.180. The van der Waals surface area contributed by atoms with Gasteiger partial charge < -0.3 is 15.5 Å². The number of carboxylic acids is 1. The Morgan fingerprint density at radius 3 is 2.24 bits per heavy atom. The van der Waals surface area contributed by atoms with E-state index >= 15 is 0 Å². The van der Waals surface area contributed by atoms with Crippen molar-refractivity contribution in [3.8, 4) is 5.75 Å². The topological polar surface area (TPSA) is 86.6 Å². The van der Waals surface area contributed by atoms with E-state index in [1.54, 1.807) is 0 Å². The Kier molecular flexibility index (Phi) is 4.08. The molecule has 1 aromatic carbocycles. The maximum atomic E-state index is 11.3. The SMILES string of the molecule is O=C(O)c1ccc(NC(=O)C(Cl)(Cl)Cl)cc1O. The molecule has 1 rings (SSSR count). The van der Waals surface area contributed by atoms with Gasteiger partial charge in [0.05, 0.1) is 0 Å². The molecule has 0 saturated heterocycles. The van der Waals surface area contributed by atoms with Crippen LogP contribution in [0.25, 0.3) is 0 Å². The molecule has 0 aromatic heterocycles. The normalized spacial score (nSPS) is 11.0. The number of phenols is 1. The molecule has 0 fully saturated rings. The number of benzene rings is 1. The second-order valence-electron chi connectivity index (χ2n) is 2.99. The maximum absolute atomic E-state index is 11.3. The lowest BCUT2D eigenvalue weighted by Crippen LogP contribution is -2.26. The molecule has 0 radical (unpaired) electrons. The molecule has 0 heterocycles. The third kappa shape index (κ3) is 3.66. The lowest BCUT2D eigenvalue weighted by atomic mass is 10.2. The van der Waals surface area contributed by atoms with E-state index in [0.29, 0.717) is 0 Å². The van der Waals surface area contributed by atoms with Crippen LogP contribution in [0.3, 0.4) is 0 Å². The molecule has 92 valence electrons. The highest BCUT2D eigenvalue weighted by Gasteiger charge is 2.30. The second kappa shape index (κ2) is 5.00. The Morgan fingerprint density at radius 1 is 1.24 bits per heavy atom. The first-order valence-corrected chi connectivity index (χ1v) is 5.29. The molecule has 0 unspecified atom stereocenters. The third-order valence-corrected chi connectivity index (χ3v) is 2.26. The molecule has 8 heteroatoms. The standard InChI is InChI=1S/C9H6Cl3NO4/c10-9(11,12)8(17)13-4-1-2-5(7(15)16)6(14)3-4/h1-3,14H,(H,13,17)(H,15,16). The molecule has 1 aromatic rings. The molecule has 0 aliphatic carbocycles. The van der Waals surface area contributed by atoms with Gasteiger partial charge in [0.15, 0.2) is 0 Å². The molecule has 0 bridgehead atoms. The van der Waals surface area contributed by atoms with Crippen LogP contribution in [0.15, 0.2) is 18.2 Å². The Bertz CT molecular complexity index is 470. The summed E-state index contributed by atoms with van der Waals surface area (Å²) in [5.74, 6) is -2.70. The average Bonchev–Trinajstić information content (AvgIpc) is 2.15. The van der Waals surface area contributed by atoms with Crippen molar-refractivity contribution in [3.05, 3.63) is 23.8 Å². The lowest BCUT2D eigenvalue weighted by Gasteiger charge is -2.11. The van der Waals surface area contributed by atoms with E-state index in [-0.39, 0.29) is 11.3 Å². The summed E-state index contributed by atoms with van der Waals surface area (Å²) in [6, 6.07) is 3.42. The number of nitrogens with one attached hydrogen (secondary N) is 1. The zero-order valence-electron chi connectivity index (χ0n) is 8.08. The van der Waals surface area contributed by atoms with Gasteiger partial charge in [-0.05, 0) is 12.1 Å². The van der Waals surface area contributed by atoms with Gasteiger partial charge >= 0.3 is 5.97 Å². The molecular formula is C9H6Cl3NO4. The number of carbonyl (C=O) groups excluding carboxylic acids is 1. The minimum Gasteiger partial charge on any atom is -0.507 e. The van der Waals surface area contributed by atoms with E-state index < -0.39 is 21.4 Å². The van der Waals surface area contributed by atoms with Gasteiger partial charge in [0, 0.05) is 11.8 Å². The van der Waals surface area contributed by atoms with E-state index in [2.05, 4.69) is 5.32 Å². The van der Waals surface area contributed by atoms with Gasteiger partial charge in [-0.15, -0.1) is 0 Å². The monoisotopic (exact) mass is 297 g/mol. The summed E-state index contributed by atoms with van der Waals surface area (Å²) in [7, 11) is 0.